The van der Waals surface area contributed by atoms with Crippen molar-refractivity contribution in [1.82, 2.24) is 29.9 Å². The normalized spacial score (nSPS) is 19.1. The fraction of sp³-hybridized carbons (Fsp3) is 0.381. The maximum atomic E-state index is 13.5. The van der Waals surface area contributed by atoms with E-state index in [4.69, 9.17) is 4.74 Å². The van der Waals surface area contributed by atoms with Crippen molar-refractivity contribution >= 4 is 5.91 Å². The number of hydrogen-bond donors (Lipinski definition) is 0. The van der Waals surface area contributed by atoms with Gasteiger partial charge < -0.3 is 9.64 Å². The first kappa shape index (κ1) is 21.7. The molecule has 4 rings (SSSR count). The van der Waals surface area contributed by atoms with E-state index in [1.807, 2.05) is 13.8 Å². The second-order valence-electron chi connectivity index (χ2n) is 7.62. The number of amides is 1. The number of halogens is 3. The van der Waals surface area contributed by atoms with Crippen LogP contribution in [0.25, 0.3) is 5.82 Å². The molecular weight excluding hydrogens is 425 g/mol. The summed E-state index contributed by atoms with van der Waals surface area (Å²) >= 11 is 0. The molecule has 0 saturated carbocycles. The molecule has 1 aliphatic rings. The molecule has 0 aliphatic carbocycles. The number of rotatable bonds is 4. The van der Waals surface area contributed by atoms with Crippen LogP contribution in [0.2, 0.25) is 0 Å². The molecule has 1 aliphatic heterocycles. The molecule has 3 aromatic heterocycles. The summed E-state index contributed by atoms with van der Waals surface area (Å²) in [7, 11) is 0. The predicted molar refractivity (Wildman–Crippen MR) is 107 cm³/mol. The van der Waals surface area contributed by atoms with Gasteiger partial charge in [-0.05, 0) is 44.4 Å². The van der Waals surface area contributed by atoms with Gasteiger partial charge >= 0.3 is 6.18 Å². The van der Waals surface area contributed by atoms with Crippen LogP contribution in [0.1, 0.15) is 41.3 Å². The standard InChI is InChI=1S/C21H21F3N6O2/c1-13-10-16(19(26-11-13)30-27-7-8-28-30)20(31)29-9-3-4-17(14(29)2)32-18-6-5-15(12-25-18)21(22,23)24/h5-8,10-12,14,17H,3-4,9H2,1-2H3. The monoisotopic (exact) mass is 446 g/mol. The first-order valence-electron chi connectivity index (χ1n) is 10.1. The number of ether oxygens (including phenoxy) is 1. The molecule has 11 heteroatoms. The number of alkyl halides is 3. The third kappa shape index (κ3) is 4.41. The molecule has 0 spiro atoms. The Morgan fingerprint density at radius 2 is 1.91 bits per heavy atom. The van der Waals surface area contributed by atoms with Crippen LogP contribution in [-0.4, -0.2) is 54.5 Å². The maximum absolute atomic E-state index is 13.5. The average Bonchev–Trinajstić information content (AvgIpc) is 3.29. The molecule has 168 valence electrons. The van der Waals surface area contributed by atoms with Crippen LogP contribution in [0.4, 0.5) is 13.2 Å². The Bertz CT molecular complexity index is 1090. The van der Waals surface area contributed by atoms with Crippen molar-refractivity contribution in [3.63, 3.8) is 0 Å². The summed E-state index contributed by atoms with van der Waals surface area (Å²) in [5, 5.41) is 8.16. The predicted octanol–water partition coefficient (Wildman–Crippen LogP) is 3.46. The topological polar surface area (TPSA) is 86.0 Å². The minimum atomic E-state index is -4.46. The molecule has 0 aromatic carbocycles. The molecule has 0 bridgehead atoms. The summed E-state index contributed by atoms with van der Waals surface area (Å²) in [6.45, 7) is 4.20. The number of carbonyl (C=O) groups excluding carboxylic acids is 1. The molecule has 1 fully saturated rings. The Balaban J connectivity index is 1.54. The van der Waals surface area contributed by atoms with Gasteiger partial charge in [-0.3, -0.25) is 4.79 Å². The maximum Gasteiger partial charge on any atom is 0.417 e. The van der Waals surface area contributed by atoms with E-state index in [-0.39, 0.29) is 17.8 Å². The molecule has 2 unspecified atom stereocenters. The molecular formula is C21H21F3N6O2. The van der Waals surface area contributed by atoms with Crippen LogP contribution >= 0.6 is 0 Å². The van der Waals surface area contributed by atoms with Crippen LogP contribution in [-0.2, 0) is 6.18 Å². The Hall–Kier alpha value is -3.50. The summed E-state index contributed by atoms with van der Waals surface area (Å²) < 4.78 is 44.2. The van der Waals surface area contributed by atoms with Crippen molar-refractivity contribution in [2.24, 2.45) is 0 Å². The Morgan fingerprint density at radius 3 is 2.56 bits per heavy atom. The van der Waals surface area contributed by atoms with Crippen LogP contribution < -0.4 is 4.74 Å². The molecule has 1 amide bonds. The smallest absolute Gasteiger partial charge is 0.417 e. The van der Waals surface area contributed by atoms with E-state index in [0.717, 1.165) is 17.8 Å². The fourth-order valence-electron chi connectivity index (χ4n) is 3.68. The minimum absolute atomic E-state index is 0.0859. The number of hydrogen-bond acceptors (Lipinski definition) is 6. The Labute approximate surface area is 182 Å². The van der Waals surface area contributed by atoms with E-state index in [2.05, 4.69) is 20.2 Å². The van der Waals surface area contributed by atoms with Gasteiger partial charge in [-0.1, -0.05) is 0 Å². The van der Waals surface area contributed by atoms with Gasteiger partial charge in [0.15, 0.2) is 5.82 Å². The van der Waals surface area contributed by atoms with Crippen LogP contribution in [0, 0.1) is 6.92 Å². The number of carbonyl (C=O) groups is 1. The highest BCUT2D eigenvalue weighted by atomic mass is 19.4. The SMILES string of the molecule is Cc1cnc(-n2nccn2)c(C(=O)N2CCCC(Oc3ccc(C(F)(F)F)cn3)C2C)c1. The summed E-state index contributed by atoms with van der Waals surface area (Å²) in [5.41, 5.74) is 0.335. The van der Waals surface area contributed by atoms with Gasteiger partial charge in [-0.15, -0.1) is 4.80 Å². The van der Waals surface area contributed by atoms with Crippen LogP contribution in [0.15, 0.2) is 43.0 Å². The quantitative estimate of drug-likeness (QED) is 0.610. The summed E-state index contributed by atoms with van der Waals surface area (Å²) in [6.07, 6.45) is 1.82. The molecule has 32 heavy (non-hydrogen) atoms. The number of piperidine rings is 1. The van der Waals surface area contributed by atoms with Crippen LogP contribution in [0.5, 0.6) is 5.88 Å². The highest BCUT2D eigenvalue weighted by Crippen LogP contribution is 2.30. The molecule has 0 N–H and O–H groups in total. The zero-order valence-corrected chi connectivity index (χ0v) is 17.5. The first-order chi connectivity index (χ1) is 15.2. The van der Waals surface area contributed by atoms with E-state index in [9.17, 15) is 18.0 Å². The molecule has 4 heterocycles. The molecule has 1 saturated heterocycles. The number of aryl methyl sites for hydroxylation is 1. The number of nitrogens with zero attached hydrogens (tertiary/aromatic N) is 6. The van der Waals surface area contributed by atoms with E-state index in [0.29, 0.717) is 30.8 Å². The van der Waals surface area contributed by atoms with Gasteiger partial charge in [-0.25, -0.2) is 9.97 Å². The van der Waals surface area contributed by atoms with E-state index < -0.39 is 17.8 Å². The van der Waals surface area contributed by atoms with E-state index in [1.165, 1.54) is 23.3 Å². The Kier molecular flexibility index (Phi) is 5.81. The largest absolute Gasteiger partial charge is 0.472 e. The van der Waals surface area contributed by atoms with Crippen molar-refractivity contribution in [2.75, 3.05) is 6.54 Å². The minimum Gasteiger partial charge on any atom is -0.472 e. The van der Waals surface area contributed by atoms with Gasteiger partial charge in [0.1, 0.15) is 6.10 Å². The lowest BCUT2D eigenvalue weighted by atomic mass is 9.98. The van der Waals surface area contributed by atoms with Gasteiger partial charge in [0.25, 0.3) is 5.91 Å². The fourth-order valence-corrected chi connectivity index (χ4v) is 3.68. The molecule has 2 atom stereocenters. The van der Waals surface area contributed by atoms with Crippen molar-refractivity contribution in [2.45, 2.75) is 45.0 Å². The lowest BCUT2D eigenvalue weighted by molar-refractivity contribution is -0.137. The van der Waals surface area contributed by atoms with Crippen LogP contribution in [0.3, 0.4) is 0 Å². The number of likely N-dealkylation sites (tertiary alicyclic amines) is 1. The molecule has 3 aromatic rings. The second-order valence-corrected chi connectivity index (χ2v) is 7.62. The summed E-state index contributed by atoms with van der Waals surface area (Å²) in [5.74, 6) is 0.169. The third-order valence-corrected chi connectivity index (χ3v) is 5.36. The van der Waals surface area contributed by atoms with Gasteiger partial charge in [0, 0.05) is 25.0 Å². The zero-order valence-electron chi connectivity index (χ0n) is 17.5. The molecule has 8 nitrogen and oxygen atoms in total. The highest BCUT2D eigenvalue weighted by Gasteiger charge is 2.35. The lowest BCUT2D eigenvalue weighted by Crippen LogP contribution is -2.51. The average molecular weight is 446 g/mol. The van der Waals surface area contributed by atoms with Crippen molar-refractivity contribution in [1.29, 1.82) is 0 Å². The summed E-state index contributed by atoms with van der Waals surface area (Å²) in [6, 6.07) is 3.53. The van der Waals surface area contributed by atoms with E-state index in [1.54, 1.807) is 17.2 Å². The number of aromatic nitrogens is 5. The van der Waals surface area contributed by atoms with Gasteiger partial charge in [0.2, 0.25) is 5.88 Å². The van der Waals surface area contributed by atoms with Gasteiger partial charge in [-0.2, -0.15) is 23.4 Å². The third-order valence-electron chi connectivity index (χ3n) is 5.36. The first-order valence-corrected chi connectivity index (χ1v) is 10.1. The Morgan fingerprint density at radius 1 is 1.16 bits per heavy atom. The summed E-state index contributed by atoms with van der Waals surface area (Å²) in [4.78, 5) is 24.5. The lowest BCUT2D eigenvalue weighted by Gasteiger charge is -2.39. The second kappa shape index (κ2) is 8.56. The molecule has 0 radical (unpaired) electrons. The van der Waals surface area contributed by atoms with Crippen molar-refractivity contribution in [3.8, 4) is 11.7 Å². The number of pyridine rings is 2. The van der Waals surface area contributed by atoms with Crippen molar-refractivity contribution < 1.29 is 22.7 Å². The van der Waals surface area contributed by atoms with Crippen molar-refractivity contribution in [3.05, 3.63) is 59.7 Å². The highest BCUT2D eigenvalue weighted by molar-refractivity contribution is 5.97. The zero-order chi connectivity index (χ0) is 22.9. The van der Waals surface area contributed by atoms with Gasteiger partial charge in [0.05, 0.1) is 29.6 Å². The van der Waals surface area contributed by atoms with E-state index >= 15 is 0 Å².